The molecule has 2 heterocycles. The maximum Gasteiger partial charge on any atom is 0.262 e. The number of ether oxygens (including phenoxy) is 2. The highest BCUT2D eigenvalue weighted by molar-refractivity contribution is 7.89. The van der Waals surface area contributed by atoms with E-state index in [0.29, 0.717) is 43.1 Å². The number of hydrogen-bond donors (Lipinski definition) is 2. The van der Waals surface area contributed by atoms with E-state index in [1.165, 1.54) is 22.5 Å². The fourth-order valence-corrected chi connectivity index (χ4v) is 5.47. The van der Waals surface area contributed by atoms with Crippen molar-refractivity contribution in [3.63, 3.8) is 0 Å². The summed E-state index contributed by atoms with van der Waals surface area (Å²) in [5.74, 6) is 0.132. The number of nitrogens with zero attached hydrogens (tertiary/aromatic N) is 1. The summed E-state index contributed by atoms with van der Waals surface area (Å²) < 4.78 is 38.4. The first-order valence-corrected chi connectivity index (χ1v) is 11.8. The second kappa shape index (κ2) is 9.17. The minimum absolute atomic E-state index is 0.0529. The Hall–Kier alpha value is -3.11. The molecule has 2 N–H and O–H groups in total. The zero-order chi connectivity index (χ0) is 22.7. The van der Waals surface area contributed by atoms with Gasteiger partial charge in [0, 0.05) is 25.2 Å². The number of fused-ring (bicyclic) bond motifs is 1. The Kier molecular flexibility index (Phi) is 6.33. The molecule has 9 nitrogen and oxygen atoms in total. The molecular weight excluding hydrogens is 434 g/mol. The van der Waals surface area contributed by atoms with Gasteiger partial charge in [0.15, 0.2) is 6.61 Å². The van der Waals surface area contributed by atoms with Gasteiger partial charge >= 0.3 is 0 Å². The number of nitrogens with one attached hydrogen (secondary N) is 2. The van der Waals surface area contributed by atoms with Gasteiger partial charge < -0.3 is 20.1 Å². The monoisotopic (exact) mass is 459 g/mol. The Labute approximate surface area is 186 Å². The lowest BCUT2D eigenvalue weighted by Gasteiger charge is -2.31. The lowest BCUT2D eigenvalue weighted by molar-refractivity contribution is -0.126. The van der Waals surface area contributed by atoms with Crippen LogP contribution in [0.1, 0.15) is 18.4 Å². The van der Waals surface area contributed by atoms with E-state index in [0.717, 1.165) is 5.56 Å². The third-order valence-electron chi connectivity index (χ3n) is 5.62. The smallest absolute Gasteiger partial charge is 0.262 e. The van der Waals surface area contributed by atoms with Crippen molar-refractivity contribution in [2.24, 2.45) is 5.92 Å². The number of para-hydroxylation sites is 1. The molecule has 0 unspecified atom stereocenters. The summed E-state index contributed by atoms with van der Waals surface area (Å²) in [5.41, 5.74) is 1.17. The highest BCUT2D eigenvalue weighted by atomic mass is 32.2. The van der Waals surface area contributed by atoms with Crippen LogP contribution in [0.2, 0.25) is 0 Å². The van der Waals surface area contributed by atoms with E-state index >= 15 is 0 Å². The van der Waals surface area contributed by atoms with Gasteiger partial charge in [-0.25, -0.2) is 8.42 Å². The average molecular weight is 460 g/mol. The van der Waals surface area contributed by atoms with Crippen LogP contribution in [0.15, 0.2) is 47.4 Å². The van der Waals surface area contributed by atoms with Crippen molar-refractivity contribution in [3.05, 3.63) is 48.0 Å². The molecular formula is C22H25N3O6S. The fraction of sp³-hybridized carbons (Fsp3) is 0.364. The van der Waals surface area contributed by atoms with Gasteiger partial charge in [0.25, 0.3) is 5.91 Å². The first-order valence-electron chi connectivity index (χ1n) is 10.3. The summed E-state index contributed by atoms with van der Waals surface area (Å²) in [7, 11) is -2.26. The molecule has 1 fully saturated rings. The molecule has 2 aromatic carbocycles. The van der Waals surface area contributed by atoms with Crippen molar-refractivity contribution in [1.29, 1.82) is 0 Å². The van der Waals surface area contributed by atoms with Crippen molar-refractivity contribution >= 4 is 27.5 Å². The van der Waals surface area contributed by atoms with Gasteiger partial charge in [-0.05, 0) is 37.1 Å². The molecule has 2 aromatic rings. The number of hydrogen-bond acceptors (Lipinski definition) is 6. The molecule has 2 amide bonds. The van der Waals surface area contributed by atoms with Crippen LogP contribution < -0.4 is 20.1 Å². The number of rotatable bonds is 6. The largest absolute Gasteiger partial charge is 0.496 e. The number of carbonyl (C=O) groups excluding carboxylic acids is 2. The maximum absolute atomic E-state index is 13.2. The molecule has 1 atom stereocenters. The molecule has 0 aliphatic carbocycles. The van der Waals surface area contributed by atoms with Crippen molar-refractivity contribution in [3.8, 4) is 11.5 Å². The number of amides is 2. The summed E-state index contributed by atoms with van der Waals surface area (Å²) in [6.45, 7) is 0.631. The second-order valence-corrected chi connectivity index (χ2v) is 9.66. The Morgan fingerprint density at radius 2 is 2.09 bits per heavy atom. The molecule has 32 heavy (non-hydrogen) atoms. The molecule has 2 aliphatic heterocycles. The number of carbonyl (C=O) groups is 2. The van der Waals surface area contributed by atoms with Crippen LogP contribution in [-0.4, -0.2) is 51.3 Å². The number of methoxy groups -OCH3 is 1. The topological polar surface area (TPSA) is 114 Å². The summed E-state index contributed by atoms with van der Waals surface area (Å²) in [5, 5.41) is 5.52. The van der Waals surface area contributed by atoms with Gasteiger partial charge in [0.1, 0.15) is 11.5 Å². The third kappa shape index (κ3) is 4.56. The van der Waals surface area contributed by atoms with Gasteiger partial charge in [-0.1, -0.05) is 18.2 Å². The first-order chi connectivity index (χ1) is 15.4. The predicted molar refractivity (Wildman–Crippen MR) is 117 cm³/mol. The van der Waals surface area contributed by atoms with Crippen LogP contribution in [0.5, 0.6) is 11.5 Å². The van der Waals surface area contributed by atoms with Crippen molar-refractivity contribution < 1.29 is 27.5 Å². The Balaban J connectivity index is 1.44. The zero-order valence-corrected chi connectivity index (χ0v) is 18.5. The van der Waals surface area contributed by atoms with Crippen LogP contribution in [0.25, 0.3) is 0 Å². The van der Waals surface area contributed by atoms with Crippen LogP contribution in [0, 0.1) is 5.92 Å². The van der Waals surface area contributed by atoms with E-state index in [2.05, 4.69) is 10.6 Å². The van der Waals surface area contributed by atoms with Crippen molar-refractivity contribution in [2.45, 2.75) is 24.3 Å². The molecule has 10 heteroatoms. The molecule has 0 radical (unpaired) electrons. The maximum atomic E-state index is 13.2. The third-order valence-corrected chi connectivity index (χ3v) is 7.48. The Morgan fingerprint density at radius 1 is 1.28 bits per heavy atom. The van der Waals surface area contributed by atoms with Crippen LogP contribution in [-0.2, 0) is 26.2 Å². The zero-order valence-electron chi connectivity index (χ0n) is 17.7. The standard InChI is InChI=1S/C22H25N3O6S/c1-30-19-7-3-2-5-15(19)12-23-22(27)16-6-4-10-25(13-16)32(28,29)17-8-9-20-18(11-17)24-21(26)14-31-20/h2-3,5,7-9,11,16H,4,6,10,12-14H2,1H3,(H,23,27)(H,24,26)/t16-/m0/s1. The number of sulfonamides is 1. The van der Waals surface area contributed by atoms with Gasteiger partial charge in [0.2, 0.25) is 15.9 Å². The van der Waals surface area contributed by atoms with E-state index in [1.54, 1.807) is 7.11 Å². The van der Waals surface area contributed by atoms with Crippen molar-refractivity contribution in [2.75, 3.05) is 32.1 Å². The van der Waals surface area contributed by atoms with E-state index in [-0.39, 0.29) is 29.9 Å². The molecule has 170 valence electrons. The van der Waals surface area contributed by atoms with Crippen LogP contribution in [0.4, 0.5) is 5.69 Å². The first kappa shape index (κ1) is 22.1. The van der Waals surface area contributed by atoms with E-state index < -0.39 is 15.9 Å². The van der Waals surface area contributed by atoms with Gasteiger partial charge in [0.05, 0.1) is 23.6 Å². The highest BCUT2D eigenvalue weighted by Crippen LogP contribution is 2.32. The summed E-state index contributed by atoms with van der Waals surface area (Å²) >= 11 is 0. The van der Waals surface area contributed by atoms with E-state index in [4.69, 9.17) is 9.47 Å². The van der Waals surface area contributed by atoms with Gasteiger partial charge in [-0.15, -0.1) is 0 Å². The van der Waals surface area contributed by atoms with Crippen LogP contribution in [0.3, 0.4) is 0 Å². The minimum atomic E-state index is -3.83. The molecule has 1 saturated heterocycles. The summed E-state index contributed by atoms with van der Waals surface area (Å²) in [4.78, 5) is 24.4. The van der Waals surface area contributed by atoms with Gasteiger partial charge in [-0.2, -0.15) is 4.31 Å². The number of anilines is 1. The normalized spacial score (nSPS) is 18.8. The fourth-order valence-electron chi connectivity index (χ4n) is 3.92. The van der Waals surface area contributed by atoms with Crippen molar-refractivity contribution in [1.82, 2.24) is 9.62 Å². The van der Waals surface area contributed by atoms with E-state index in [9.17, 15) is 18.0 Å². The average Bonchev–Trinajstić information content (AvgIpc) is 2.82. The lowest BCUT2D eigenvalue weighted by Crippen LogP contribution is -2.45. The van der Waals surface area contributed by atoms with E-state index in [1.807, 2.05) is 24.3 Å². The van der Waals surface area contributed by atoms with Crippen LogP contribution >= 0.6 is 0 Å². The second-order valence-electron chi connectivity index (χ2n) is 7.73. The Bertz CT molecular complexity index is 1130. The molecule has 0 spiro atoms. The van der Waals surface area contributed by atoms with Gasteiger partial charge in [-0.3, -0.25) is 9.59 Å². The molecule has 0 saturated carbocycles. The molecule has 2 aliphatic rings. The number of piperidine rings is 1. The summed E-state index contributed by atoms with van der Waals surface area (Å²) in [6, 6.07) is 11.8. The molecule has 0 bridgehead atoms. The lowest BCUT2D eigenvalue weighted by atomic mass is 9.98. The highest BCUT2D eigenvalue weighted by Gasteiger charge is 2.34. The Morgan fingerprint density at radius 3 is 2.91 bits per heavy atom. The minimum Gasteiger partial charge on any atom is -0.496 e. The quantitative estimate of drug-likeness (QED) is 0.680. The SMILES string of the molecule is COc1ccccc1CNC(=O)[C@H]1CCCN(S(=O)(=O)c2ccc3c(c2)NC(=O)CO3)C1. The predicted octanol–water partition coefficient (Wildman–Crippen LogP) is 1.74. The summed E-state index contributed by atoms with van der Waals surface area (Å²) in [6.07, 6.45) is 1.19. The molecule has 0 aromatic heterocycles. The number of benzene rings is 2. The molecule has 4 rings (SSSR count).